The standard InChI is InChI=1S/C8H8BNO2/c1-3-7-4-8(9(11)12)5-10-6(7)2/h1,4-5,11-12H,2H3. The first-order chi connectivity index (χ1) is 5.65. The van der Waals surface area contributed by atoms with Crippen LogP contribution in [0, 0.1) is 19.3 Å². The molecule has 0 fully saturated rings. The zero-order valence-corrected chi connectivity index (χ0v) is 6.65. The van der Waals surface area contributed by atoms with Crippen LogP contribution in [0.2, 0.25) is 0 Å². The molecule has 0 radical (unpaired) electrons. The molecule has 0 aromatic carbocycles. The molecule has 0 unspecified atom stereocenters. The maximum Gasteiger partial charge on any atom is 0.490 e. The minimum Gasteiger partial charge on any atom is -0.423 e. The summed E-state index contributed by atoms with van der Waals surface area (Å²) in [7, 11) is -1.51. The number of hydrogen-bond donors (Lipinski definition) is 2. The first kappa shape index (κ1) is 8.79. The number of hydrogen-bond acceptors (Lipinski definition) is 3. The first-order valence-electron chi connectivity index (χ1n) is 3.44. The van der Waals surface area contributed by atoms with Gasteiger partial charge in [0.25, 0.3) is 0 Å². The van der Waals surface area contributed by atoms with Gasteiger partial charge in [0, 0.05) is 17.2 Å². The Hall–Kier alpha value is -1.31. The molecular weight excluding hydrogens is 153 g/mol. The highest BCUT2D eigenvalue weighted by Gasteiger charge is 2.11. The van der Waals surface area contributed by atoms with Crippen molar-refractivity contribution in [1.29, 1.82) is 0 Å². The van der Waals surface area contributed by atoms with Crippen molar-refractivity contribution in [2.75, 3.05) is 0 Å². The SMILES string of the molecule is C#Cc1cc(B(O)O)cnc1C. The summed E-state index contributed by atoms with van der Waals surface area (Å²) in [5, 5.41) is 17.6. The molecule has 3 nitrogen and oxygen atoms in total. The summed E-state index contributed by atoms with van der Waals surface area (Å²) in [6, 6.07) is 1.53. The Morgan fingerprint density at radius 3 is 2.75 bits per heavy atom. The number of aromatic nitrogens is 1. The minimum absolute atomic E-state index is 0.313. The molecule has 1 aromatic rings. The van der Waals surface area contributed by atoms with E-state index in [1.54, 1.807) is 6.92 Å². The number of terminal acetylenes is 1. The summed E-state index contributed by atoms with van der Waals surface area (Å²) in [6.07, 6.45) is 6.56. The van der Waals surface area contributed by atoms with E-state index >= 15 is 0 Å². The molecule has 12 heavy (non-hydrogen) atoms. The molecule has 0 spiro atoms. The molecular formula is C8H8BNO2. The highest BCUT2D eigenvalue weighted by atomic mass is 16.4. The van der Waals surface area contributed by atoms with E-state index in [4.69, 9.17) is 16.5 Å². The lowest BCUT2D eigenvalue weighted by Gasteiger charge is -2.01. The molecule has 0 aliphatic rings. The van der Waals surface area contributed by atoms with Gasteiger partial charge in [-0.25, -0.2) is 0 Å². The lowest BCUT2D eigenvalue weighted by Crippen LogP contribution is -2.30. The van der Waals surface area contributed by atoms with Crippen molar-refractivity contribution in [3.63, 3.8) is 0 Å². The van der Waals surface area contributed by atoms with Crippen LogP contribution in [0.5, 0.6) is 0 Å². The van der Waals surface area contributed by atoms with Gasteiger partial charge >= 0.3 is 7.12 Å². The third kappa shape index (κ3) is 1.64. The van der Waals surface area contributed by atoms with Gasteiger partial charge in [0.15, 0.2) is 0 Å². The molecule has 0 bridgehead atoms. The van der Waals surface area contributed by atoms with Crippen molar-refractivity contribution >= 4 is 12.6 Å². The third-order valence-corrected chi connectivity index (χ3v) is 1.56. The van der Waals surface area contributed by atoms with Crippen LogP contribution in [0.1, 0.15) is 11.3 Å². The van der Waals surface area contributed by atoms with Crippen molar-refractivity contribution in [3.8, 4) is 12.3 Å². The smallest absolute Gasteiger partial charge is 0.423 e. The zero-order chi connectivity index (χ0) is 9.14. The monoisotopic (exact) mass is 161 g/mol. The van der Waals surface area contributed by atoms with Crippen molar-refractivity contribution in [2.45, 2.75) is 6.92 Å². The fourth-order valence-electron chi connectivity index (χ4n) is 0.837. The first-order valence-corrected chi connectivity index (χ1v) is 3.44. The molecule has 1 aromatic heterocycles. The van der Waals surface area contributed by atoms with Gasteiger partial charge < -0.3 is 10.0 Å². The Morgan fingerprint density at radius 1 is 1.58 bits per heavy atom. The van der Waals surface area contributed by atoms with Gasteiger partial charge in [-0.3, -0.25) is 4.98 Å². The largest absolute Gasteiger partial charge is 0.490 e. The summed E-state index contributed by atoms with van der Waals surface area (Å²) in [5.74, 6) is 2.41. The van der Waals surface area contributed by atoms with Crippen LogP contribution in [0.15, 0.2) is 12.3 Å². The average Bonchev–Trinajstić information content (AvgIpc) is 2.05. The molecule has 0 amide bonds. The molecule has 0 saturated carbocycles. The maximum absolute atomic E-state index is 8.78. The fourth-order valence-corrected chi connectivity index (χ4v) is 0.837. The number of pyridine rings is 1. The molecule has 2 N–H and O–H groups in total. The molecule has 0 atom stereocenters. The summed E-state index contributed by atoms with van der Waals surface area (Å²) in [6.45, 7) is 1.77. The van der Waals surface area contributed by atoms with Crippen LogP contribution in [0.4, 0.5) is 0 Å². The van der Waals surface area contributed by atoms with Gasteiger partial charge in [0.05, 0.1) is 5.69 Å². The minimum atomic E-state index is -1.51. The summed E-state index contributed by atoms with van der Waals surface area (Å²) in [5.41, 5.74) is 1.61. The Morgan fingerprint density at radius 2 is 2.25 bits per heavy atom. The molecule has 0 aliphatic carbocycles. The number of rotatable bonds is 1. The van der Waals surface area contributed by atoms with E-state index in [0.29, 0.717) is 16.7 Å². The second-order valence-corrected chi connectivity index (χ2v) is 2.42. The quantitative estimate of drug-likeness (QED) is 0.412. The van der Waals surface area contributed by atoms with Crippen molar-refractivity contribution in [2.24, 2.45) is 0 Å². The second kappa shape index (κ2) is 3.39. The van der Waals surface area contributed by atoms with Crippen LogP contribution in [0.25, 0.3) is 0 Å². The zero-order valence-electron chi connectivity index (χ0n) is 6.65. The van der Waals surface area contributed by atoms with E-state index < -0.39 is 7.12 Å². The Labute approximate surface area is 71.2 Å². The van der Waals surface area contributed by atoms with Gasteiger partial charge in [-0.05, 0) is 13.0 Å². The summed E-state index contributed by atoms with van der Waals surface area (Å²) in [4.78, 5) is 3.91. The van der Waals surface area contributed by atoms with E-state index in [2.05, 4.69) is 10.9 Å². The highest BCUT2D eigenvalue weighted by Crippen LogP contribution is 1.99. The molecule has 4 heteroatoms. The molecule has 1 rings (SSSR count). The van der Waals surface area contributed by atoms with Gasteiger partial charge in [-0.15, -0.1) is 6.42 Å². The van der Waals surface area contributed by atoms with Gasteiger partial charge in [-0.1, -0.05) is 5.92 Å². The average molecular weight is 161 g/mol. The van der Waals surface area contributed by atoms with Crippen LogP contribution in [-0.2, 0) is 0 Å². The molecule has 0 aliphatic heterocycles. The molecule has 60 valence electrons. The van der Waals surface area contributed by atoms with Crippen LogP contribution >= 0.6 is 0 Å². The van der Waals surface area contributed by atoms with Crippen molar-refractivity contribution < 1.29 is 10.0 Å². The lowest BCUT2D eigenvalue weighted by molar-refractivity contribution is 0.425. The van der Waals surface area contributed by atoms with E-state index in [-0.39, 0.29) is 0 Å². The van der Waals surface area contributed by atoms with Crippen LogP contribution in [0.3, 0.4) is 0 Å². The number of aryl methyl sites for hydroxylation is 1. The van der Waals surface area contributed by atoms with Crippen LogP contribution in [-0.4, -0.2) is 22.2 Å². The Balaban J connectivity index is 3.16. The summed E-state index contributed by atoms with van der Waals surface area (Å²) < 4.78 is 0. The Bertz CT molecular complexity index is 330. The number of nitrogens with zero attached hydrogens (tertiary/aromatic N) is 1. The second-order valence-electron chi connectivity index (χ2n) is 2.42. The van der Waals surface area contributed by atoms with Crippen LogP contribution < -0.4 is 5.46 Å². The predicted octanol–water partition coefficient (Wildman–Crippen LogP) is -0.949. The van der Waals surface area contributed by atoms with E-state index in [1.807, 2.05) is 0 Å². The van der Waals surface area contributed by atoms with E-state index in [1.165, 1.54) is 12.3 Å². The maximum atomic E-state index is 8.78. The highest BCUT2D eigenvalue weighted by molar-refractivity contribution is 6.58. The summed E-state index contributed by atoms with van der Waals surface area (Å²) >= 11 is 0. The molecule has 1 heterocycles. The third-order valence-electron chi connectivity index (χ3n) is 1.56. The Kier molecular flexibility index (Phi) is 2.49. The van der Waals surface area contributed by atoms with Crippen molar-refractivity contribution in [1.82, 2.24) is 4.98 Å². The van der Waals surface area contributed by atoms with Gasteiger partial charge in [0.1, 0.15) is 0 Å². The topological polar surface area (TPSA) is 53.4 Å². The van der Waals surface area contributed by atoms with Gasteiger partial charge in [-0.2, -0.15) is 0 Å². The van der Waals surface area contributed by atoms with Crippen molar-refractivity contribution in [3.05, 3.63) is 23.5 Å². The lowest BCUT2D eigenvalue weighted by atomic mass is 9.81. The van der Waals surface area contributed by atoms with E-state index in [0.717, 1.165) is 0 Å². The normalized spacial score (nSPS) is 9.17. The fraction of sp³-hybridized carbons (Fsp3) is 0.125. The van der Waals surface area contributed by atoms with E-state index in [9.17, 15) is 0 Å². The van der Waals surface area contributed by atoms with Gasteiger partial charge in [0.2, 0.25) is 0 Å². The molecule has 0 saturated heterocycles. The predicted molar refractivity (Wildman–Crippen MR) is 46.7 cm³/mol.